The Balaban J connectivity index is 1.44. The molecule has 4 aromatic rings. The van der Waals surface area contributed by atoms with E-state index in [1.807, 2.05) is 4.90 Å². The molecule has 7 rings (SSSR count). The number of halogens is 6. The predicted octanol–water partition coefficient (Wildman–Crippen LogP) is 4.56. The van der Waals surface area contributed by atoms with Gasteiger partial charge in [0, 0.05) is 30.3 Å². The Bertz CT molecular complexity index is 1930. The van der Waals surface area contributed by atoms with Gasteiger partial charge in [-0.15, -0.1) is 0 Å². The van der Waals surface area contributed by atoms with Crippen LogP contribution >= 0.6 is 0 Å². The minimum Gasteiger partial charge on any atom is -0.475 e. The largest absolute Gasteiger partial charge is 0.475 e. The number of anilines is 3. The number of hydrogen-bond acceptors (Lipinski definition) is 12. The van der Waals surface area contributed by atoms with Crippen molar-refractivity contribution in [2.45, 2.75) is 57.0 Å². The second-order valence-electron chi connectivity index (χ2n) is 12.2. The molecule has 0 unspecified atom stereocenters. The van der Waals surface area contributed by atoms with Crippen LogP contribution in [0.3, 0.4) is 0 Å². The number of aromatic nitrogens is 6. The van der Waals surface area contributed by atoms with E-state index >= 15 is 4.39 Å². The van der Waals surface area contributed by atoms with Gasteiger partial charge in [0.05, 0.1) is 23.7 Å². The zero-order chi connectivity index (χ0) is 34.1. The maximum Gasteiger partial charge on any atom is 0.418 e. The summed E-state index contributed by atoms with van der Waals surface area (Å²) in [5, 5.41) is -0.0610. The number of rotatable bonds is 6. The van der Waals surface area contributed by atoms with E-state index in [0.29, 0.717) is 18.5 Å². The van der Waals surface area contributed by atoms with E-state index in [0.717, 1.165) is 13.3 Å². The van der Waals surface area contributed by atoms with Crippen LogP contribution in [-0.2, 0) is 6.18 Å². The highest BCUT2D eigenvalue weighted by atomic mass is 19.4. The molecule has 4 N–H and O–H groups in total. The summed E-state index contributed by atoms with van der Waals surface area (Å²) in [6.07, 6.45) is -1.65. The quantitative estimate of drug-likeness (QED) is 0.275. The monoisotopic (exact) mass is 676 g/mol. The van der Waals surface area contributed by atoms with Crippen molar-refractivity contribution in [3.8, 4) is 23.3 Å². The molecule has 3 aliphatic rings. The number of hydrogen-bond donors (Lipinski definition) is 2. The molecule has 2 fully saturated rings. The van der Waals surface area contributed by atoms with Gasteiger partial charge in [0.1, 0.15) is 59.6 Å². The van der Waals surface area contributed by atoms with Gasteiger partial charge < -0.3 is 25.8 Å². The Kier molecular flexibility index (Phi) is 7.60. The maximum atomic E-state index is 16.7. The fraction of sp³-hybridized carbons (Fsp3) is 0.467. The third-order valence-electron chi connectivity index (χ3n) is 9.38. The van der Waals surface area contributed by atoms with Gasteiger partial charge in [0.25, 0.3) is 0 Å². The molecular weight excluding hydrogens is 646 g/mol. The number of nitrogens with zero attached hydrogens (tertiary/aromatic N) is 8. The lowest BCUT2D eigenvalue weighted by Crippen LogP contribution is -2.43. The van der Waals surface area contributed by atoms with Gasteiger partial charge in [-0.1, -0.05) is 0 Å². The predicted molar refractivity (Wildman–Crippen MR) is 161 cm³/mol. The molecule has 254 valence electrons. The molecule has 0 radical (unpaired) electrons. The first-order valence-electron chi connectivity index (χ1n) is 15.2. The van der Waals surface area contributed by atoms with Crippen LogP contribution in [0.15, 0.2) is 12.5 Å². The van der Waals surface area contributed by atoms with E-state index in [2.05, 4.69) is 29.9 Å². The summed E-state index contributed by atoms with van der Waals surface area (Å²) in [4.78, 5) is 28.5. The molecule has 4 aromatic heterocycles. The Morgan fingerprint density at radius 2 is 1.88 bits per heavy atom. The number of pyridine rings is 2. The Labute approximate surface area is 269 Å². The van der Waals surface area contributed by atoms with E-state index in [4.69, 9.17) is 20.9 Å². The molecule has 7 heterocycles. The van der Waals surface area contributed by atoms with Crippen molar-refractivity contribution in [3.05, 3.63) is 40.8 Å². The van der Waals surface area contributed by atoms with E-state index in [1.165, 1.54) is 12.5 Å². The summed E-state index contributed by atoms with van der Waals surface area (Å²) in [7, 11) is 0. The average molecular weight is 677 g/mol. The van der Waals surface area contributed by atoms with Gasteiger partial charge in [-0.2, -0.15) is 23.1 Å². The van der Waals surface area contributed by atoms with Crippen molar-refractivity contribution in [3.63, 3.8) is 0 Å². The van der Waals surface area contributed by atoms with Crippen LogP contribution in [0.2, 0.25) is 0 Å². The summed E-state index contributed by atoms with van der Waals surface area (Å²) in [6, 6.07) is -0.878. The molecule has 3 aliphatic heterocycles. The second kappa shape index (κ2) is 11.5. The molecule has 0 aromatic carbocycles. The summed E-state index contributed by atoms with van der Waals surface area (Å²) < 4.78 is 101. The van der Waals surface area contributed by atoms with E-state index in [9.17, 15) is 22.0 Å². The van der Waals surface area contributed by atoms with Crippen molar-refractivity contribution in [1.29, 1.82) is 0 Å². The molecule has 2 saturated heterocycles. The van der Waals surface area contributed by atoms with Gasteiger partial charge in [0.15, 0.2) is 17.5 Å². The van der Waals surface area contributed by atoms with Gasteiger partial charge >= 0.3 is 12.2 Å². The van der Waals surface area contributed by atoms with Crippen LogP contribution in [0, 0.1) is 18.6 Å². The highest BCUT2D eigenvalue weighted by Gasteiger charge is 2.49. The normalized spacial score (nSPS) is 21.7. The molecule has 12 nitrogen and oxygen atoms in total. The van der Waals surface area contributed by atoms with Crippen LogP contribution in [0.5, 0.6) is 11.9 Å². The van der Waals surface area contributed by atoms with E-state index in [1.54, 1.807) is 11.8 Å². The fourth-order valence-corrected chi connectivity index (χ4v) is 7.07. The maximum absolute atomic E-state index is 16.7. The van der Waals surface area contributed by atoms with E-state index < -0.39 is 69.4 Å². The third kappa shape index (κ3) is 5.12. The lowest BCUT2D eigenvalue weighted by atomic mass is 9.95. The van der Waals surface area contributed by atoms with Crippen molar-refractivity contribution in [2.75, 3.05) is 49.2 Å². The first-order valence-corrected chi connectivity index (χ1v) is 15.2. The fourth-order valence-electron chi connectivity index (χ4n) is 7.07. The van der Waals surface area contributed by atoms with Crippen molar-refractivity contribution in [1.82, 2.24) is 34.8 Å². The molecular formula is C30H30F6N10O2. The highest BCUT2D eigenvalue weighted by Crippen LogP contribution is 2.46. The second-order valence-corrected chi connectivity index (χ2v) is 12.2. The number of alkyl halides is 4. The van der Waals surface area contributed by atoms with Crippen LogP contribution in [0.25, 0.3) is 22.3 Å². The lowest BCUT2D eigenvalue weighted by molar-refractivity contribution is -0.137. The number of ether oxygens (including phenoxy) is 2. The smallest absolute Gasteiger partial charge is 0.418 e. The zero-order valence-electron chi connectivity index (χ0n) is 25.8. The molecule has 3 atom stereocenters. The number of nitrogens with two attached hydrogens (primary N) is 2. The van der Waals surface area contributed by atoms with Gasteiger partial charge in [0.2, 0.25) is 5.88 Å². The minimum absolute atomic E-state index is 0.0101. The molecule has 18 heteroatoms. The molecule has 0 amide bonds. The molecule has 0 spiro atoms. The average Bonchev–Trinajstić information content (AvgIpc) is 3.49. The SMILES string of the molecule is Cc1c(F)c(N)nc(-c2nc3c4c(nc(OC[C@@]56CCCN5C[C@H](F)C6)nc4c2F)N([C@H](C)c2cncnc2N)CCO3)c1C(F)(F)F. The zero-order valence-corrected chi connectivity index (χ0v) is 25.8. The molecule has 0 saturated carbocycles. The Morgan fingerprint density at radius 3 is 2.62 bits per heavy atom. The van der Waals surface area contributed by atoms with Crippen LogP contribution in [0.4, 0.5) is 43.8 Å². The molecule has 0 bridgehead atoms. The minimum atomic E-state index is -5.16. The topological polar surface area (TPSA) is 154 Å². The molecule has 0 aliphatic carbocycles. The summed E-state index contributed by atoms with van der Waals surface area (Å²) in [5.74, 6) is -3.61. The summed E-state index contributed by atoms with van der Waals surface area (Å²) in [6.45, 7) is 3.65. The highest BCUT2D eigenvalue weighted by molar-refractivity contribution is 5.97. The number of fused-ring (bicyclic) bond motifs is 1. The Hall–Kier alpha value is -4.74. The van der Waals surface area contributed by atoms with Gasteiger partial charge in [-0.05, 0) is 33.2 Å². The van der Waals surface area contributed by atoms with Crippen LogP contribution in [-0.4, -0.2) is 79.4 Å². The molecule has 48 heavy (non-hydrogen) atoms. The summed E-state index contributed by atoms with van der Waals surface area (Å²) in [5.41, 5.74) is 6.80. The van der Waals surface area contributed by atoms with Gasteiger partial charge in [-0.3, -0.25) is 4.90 Å². The van der Waals surface area contributed by atoms with E-state index in [-0.39, 0.29) is 61.6 Å². The summed E-state index contributed by atoms with van der Waals surface area (Å²) >= 11 is 0. The third-order valence-corrected chi connectivity index (χ3v) is 9.38. The van der Waals surface area contributed by atoms with Crippen molar-refractivity contribution >= 4 is 28.4 Å². The van der Waals surface area contributed by atoms with Gasteiger partial charge in [-0.25, -0.2) is 33.1 Å². The lowest BCUT2D eigenvalue weighted by Gasteiger charge is -2.32. The first kappa shape index (κ1) is 31.8. The first-order chi connectivity index (χ1) is 22.8. The van der Waals surface area contributed by atoms with Crippen molar-refractivity contribution in [2.24, 2.45) is 0 Å². The Morgan fingerprint density at radius 1 is 1.08 bits per heavy atom. The standard InChI is InChI=1S/C30H30F6N10O2/c1-13-18(30(34,35)36)22(41-25(38)19(13)32)23-20(33)21-17-26(44-28(43-21)48-11-29-4-3-5-45(29)10-15(31)8-29)46(6-7-47-27(17)42-23)14(2)16-9-39-12-40-24(16)37/h9,12,14-15H,3-8,10-11H2,1-2H3,(H2,38,41)(H2,37,39,40)/t14-,15-,29+/m1/s1. The van der Waals surface area contributed by atoms with Crippen molar-refractivity contribution < 1.29 is 35.8 Å². The van der Waals surface area contributed by atoms with Crippen LogP contribution < -0.4 is 25.8 Å². The van der Waals surface area contributed by atoms with Crippen LogP contribution in [0.1, 0.15) is 48.9 Å². The number of nitrogen functional groups attached to an aromatic ring is 2.